The van der Waals surface area contributed by atoms with Crippen molar-refractivity contribution < 1.29 is 0 Å². The number of hydrogen-bond donors (Lipinski definition) is 1. The molecule has 2 nitrogen and oxygen atoms in total. The van der Waals surface area contributed by atoms with Crippen molar-refractivity contribution in [3.63, 3.8) is 0 Å². The molecule has 1 N–H and O–H groups in total. The number of hydrogen-bond acceptors (Lipinski definition) is 2. The molecule has 4 unspecified atom stereocenters. The highest BCUT2D eigenvalue weighted by Gasteiger charge is 2.28. The lowest BCUT2D eigenvalue weighted by Gasteiger charge is -2.41. The second-order valence-corrected chi connectivity index (χ2v) is 6.55. The van der Waals surface area contributed by atoms with E-state index in [4.69, 9.17) is 0 Å². The summed E-state index contributed by atoms with van der Waals surface area (Å²) in [5.41, 5.74) is 0. The van der Waals surface area contributed by atoms with E-state index < -0.39 is 0 Å². The molecule has 0 aliphatic carbocycles. The molecule has 2 fully saturated rings. The zero-order valence-corrected chi connectivity index (χ0v) is 11.9. The van der Waals surface area contributed by atoms with Crippen LogP contribution in [-0.2, 0) is 0 Å². The number of piperidine rings is 2. The van der Waals surface area contributed by atoms with Gasteiger partial charge in [-0.05, 0) is 70.0 Å². The van der Waals surface area contributed by atoms with Crippen LogP contribution >= 0.6 is 0 Å². The molecule has 2 saturated heterocycles. The van der Waals surface area contributed by atoms with Gasteiger partial charge in [0.2, 0.25) is 0 Å². The number of nitrogens with zero attached hydrogens (tertiary/aromatic N) is 1. The van der Waals surface area contributed by atoms with Crippen LogP contribution in [0.1, 0.15) is 46.5 Å². The second kappa shape index (κ2) is 6.19. The summed E-state index contributed by atoms with van der Waals surface area (Å²) >= 11 is 0. The van der Waals surface area contributed by atoms with Gasteiger partial charge < -0.3 is 10.2 Å². The van der Waals surface area contributed by atoms with Gasteiger partial charge in [-0.25, -0.2) is 0 Å². The minimum Gasteiger partial charge on any atom is -0.316 e. The molecular weight excluding hydrogens is 208 g/mol. The van der Waals surface area contributed by atoms with Crippen LogP contribution in [0.5, 0.6) is 0 Å². The van der Waals surface area contributed by atoms with Crippen LogP contribution in [0.2, 0.25) is 0 Å². The average molecular weight is 238 g/mol. The summed E-state index contributed by atoms with van der Waals surface area (Å²) in [6, 6.07) is 0.794. The van der Waals surface area contributed by atoms with Gasteiger partial charge in [-0.2, -0.15) is 0 Å². The summed E-state index contributed by atoms with van der Waals surface area (Å²) < 4.78 is 0. The lowest BCUT2D eigenvalue weighted by atomic mass is 9.85. The van der Waals surface area contributed by atoms with Crippen LogP contribution in [0.3, 0.4) is 0 Å². The van der Waals surface area contributed by atoms with Crippen molar-refractivity contribution in [1.82, 2.24) is 10.2 Å². The second-order valence-electron chi connectivity index (χ2n) is 6.55. The molecule has 2 heteroatoms. The van der Waals surface area contributed by atoms with Crippen LogP contribution in [0.15, 0.2) is 0 Å². The van der Waals surface area contributed by atoms with Gasteiger partial charge in [0, 0.05) is 12.6 Å². The molecule has 0 saturated carbocycles. The molecule has 0 aromatic rings. The van der Waals surface area contributed by atoms with Crippen LogP contribution in [-0.4, -0.2) is 37.1 Å². The molecule has 100 valence electrons. The molecule has 2 rings (SSSR count). The Bertz CT molecular complexity index is 223. The van der Waals surface area contributed by atoms with Gasteiger partial charge >= 0.3 is 0 Å². The maximum Gasteiger partial charge on any atom is 0.00927 e. The van der Waals surface area contributed by atoms with Crippen LogP contribution in [0, 0.1) is 17.8 Å². The van der Waals surface area contributed by atoms with Crippen molar-refractivity contribution in [2.24, 2.45) is 17.8 Å². The Kier molecular flexibility index (Phi) is 4.87. The highest BCUT2D eigenvalue weighted by atomic mass is 15.2. The largest absolute Gasteiger partial charge is 0.316 e. The van der Waals surface area contributed by atoms with E-state index in [0.29, 0.717) is 0 Å². The van der Waals surface area contributed by atoms with E-state index in [9.17, 15) is 0 Å². The molecule has 17 heavy (non-hydrogen) atoms. The molecule has 0 bridgehead atoms. The fourth-order valence-electron chi connectivity index (χ4n) is 3.65. The summed E-state index contributed by atoms with van der Waals surface area (Å²) in [6.07, 6.45) is 5.65. The van der Waals surface area contributed by atoms with E-state index in [-0.39, 0.29) is 0 Å². The van der Waals surface area contributed by atoms with E-state index >= 15 is 0 Å². The van der Waals surface area contributed by atoms with Crippen LogP contribution < -0.4 is 5.32 Å². The Balaban J connectivity index is 1.76. The Morgan fingerprint density at radius 2 is 2.06 bits per heavy atom. The van der Waals surface area contributed by atoms with Crippen LogP contribution in [0.4, 0.5) is 0 Å². The van der Waals surface area contributed by atoms with Crippen molar-refractivity contribution in [1.29, 1.82) is 0 Å². The zero-order valence-electron chi connectivity index (χ0n) is 11.9. The summed E-state index contributed by atoms with van der Waals surface area (Å²) in [5.74, 6) is 2.71. The van der Waals surface area contributed by atoms with Gasteiger partial charge in [0.25, 0.3) is 0 Å². The Morgan fingerprint density at radius 1 is 1.24 bits per heavy atom. The number of nitrogens with one attached hydrogen (secondary N) is 1. The minimum atomic E-state index is 0.794. The fourth-order valence-corrected chi connectivity index (χ4v) is 3.65. The predicted molar refractivity (Wildman–Crippen MR) is 74.2 cm³/mol. The molecule has 4 atom stereocenters. The van der Waals surface area contributed by atoms with Crippen molar-refractivity contribution in [3.8, 4) is 0 Å². The van der Waals surface area contributed by atoms with Gasteiger partial charge in [-0.1, -0.05) is 13.8 Å². The van der Waals surface area contributed by atoms with Crippen molar-refractivity contribution in [2.45, 2.75) is 52.5 Å². The van der Waals surface area contributed by atoms with E-state index in [1.165, 1.54) is 51.9 Å². The summed E-state index contributed by atoms with van der Waals surface area (Å²) in [6.45, 7) is 12.4. The van der Waals surface area contributed by atoms with E-state index in [1.807, 2.05) is 0 Å². The minimum absolute atomic E-state index is 0.794. The number of likely N-dealkylation sites (tertiary alicyclic amines) is 1. The number of rotatable bonds is 3. The highest BCUT2D eigenvalue weighted by molar-refractivity contribution is 4.82. The quantitative estimate of drug-likeness (QED) is 0.813. The zero-order chi connectivity index (χ0) is 12.3. The summed E-state index contributed by atoms with van der Waals surface area (Å²) in [4.78, 5) is 2.74. The van der Waals surface area contributed by atoms with Crippen molar-refractivity contribution in [2.75, 3.05) is 26.2 Å². The summed E-state index contributed by atoms with van der Waals surface area (Å²) in [5, 5.41) is 3.53. The molecular formula is C15H30N2. The molecule has 0 amide bonds. The van der Waals surface area contributed by atoms with E-state index in [1.54, 1.807) is 0 Å². The van der Waals surface area contributed by atoms with Gasteiger partial charge in [0.15, 0.2) is 0 Å². The predicted octanol–water partition coefficient (Wildman–Crippen LogP) is 2.74. The lowest BCUT2D eigenvalue weighted by Crippen LogP contribution is -2.46. The topological polar surface area (TPSA) is 15.3 Å². The monoisotopic (exact) mass is 238 g/mol. The average Bonchev–Trinajstić information content (AvgIpc) is 2.33. The summed E-state index contributed by atoms with van der Waals surface area (Å²) in [7, 11) is 0. The maximum absolute atomic E-state index is 3.53. The molecule has 0 aromatic heterocycles. The Morgan fingerprint density at radius 3 is 2.76 bits per heavy atom. The van der Waals surface area contributed by atoms with Gasteiger partial charge in [0.1, 0.15) is 0 Å². The third kappa shape index (κ3) is 3.69. The molecule has 0 aromatic carbocycles. The van der Waals surface area contributed by atoms with Crippen molar-refractivity contribution >= 4 is 0 Å². The maximum atomic E-state index is 3.53. The highest BCUT2D eigenvalue weighted by Crippen LogP contribution is 2.27. The normalized spacial score (nSPS) is 40.4. The smallest absolute Gasteiger partial charge is 0.00927 e. The van der Waals surface area contributed by atoms with Gasteiger partial charge in [-0.3, -0.25) is 0 Å². The lowest BCUT2D eigenvalue weighted by molar-refractivity contribution is 0.0728. The first-order valence-corrected chi connectivity index (χ1v) is 7.61. The van der Waals surface area contributed by atoms with E-state index in [2.05, 4.69) is 31.0 Å². The first-order valence-electron chi connectivity index (χ1n) is 7.61. The molecule has 2 aliphatic rings. The Hall–Kier alpha value is -0.0800. The molecule has 2 heterocycles. The van der Waals surface area contributed by atoms with Gasteiger partial charge in [-0.15, -0.1) is 0 Å². The Labute approximate surface area is 107 Å². The third-order valence-electron chi connectivity index (χ3n) is 4.94. The van der Waals surface area contributed by atoms with Gasteiger partial charge in [0.05, 0.1) is 0 Å². The fraction of sp³-hybridized carbons (Fsp3) is 1.00. The van der Waals surface area contributed by atoms with Crippen molar-refractivity contribution in [3.05, 3.63) is 0 Å². The standard InChI is InChI=1S/C15H30N2/c1-12-9-13(2)14(3)17(11-12)8-6-15-5-4-7-16-10-15/h12-16H,4-11H2,1-3H3. The SMILES string of the molecule is CC1CC(C)C(C)N(CCC2CCCNC2)C1. The first kappa shape index (κ1) is 13.4. The first-order chi connectivity index (χ1) is 8.16. The molecule has 2 aliphatic heterocycles. The molecule has 0 radical (unpaired) electrons. The third-order valence-corrected chi connectivity index (χ3v) is 4.94. The molecule has 0 spiro atoms. The van der Waals surface area contributed by atoms with Crippen LogP contribution in [0.25, 0.3) is 0 Å². The van der Waals surface area contributed by atoms with E-state index in [0.717, 1.165) is 23.8 Å².